The molecule has 2 aromatic rings. The molecule has 5 heteroatoms. The first-order valence-corrected chi connectivity index (χ1v) is 9.71. The van der Waals surface area contributed by atoms with Gasteiger partial charge in [0.2, 0.25) is 0 Å². The number of imidazole rings is 1. The Morgan fingerprint density at radius 1 is 1.23 bits per heavy atom. The van der Waals surface area contributed by atoms with E-state index in [1.54, 1.807) is 0 Å². The van der Waals surface area contributed by atoms with Gasteiger partial charge in [-0.05, 0) is 42.7 Å². The maximum absolute atomic E-state index is 12.8. The molecule has 0 radical (unpaired) electrons. The van der Waals surface area contributed by atoms with Gasteiger partial charge in [-0.3, -0.25) is 4.79 Å². The number of amides is 1. The highest BCUT2D eigenvalue weighted by Crippen LogP contribution is 2.33. The van der Waals surface area contributed by atoms with Crippen molar-refractivity contribution in [1.29, 1.82) is 0 Å². The van der Waals surface area contributed by atoms with E-state index in [1.165, 1.54) is 5.56 Å². The average Bonchev–Trinajstić information content (AvgIpc) is 3.42. The number of nitrogens with zero attached hydrogens (tertiary/aromatic N) is 2. The molecule has 2 saturated heterocycles. The van der Waals surface area contributed by atoms with Crippen molar-refractivity contribution in [3.05, 3.63) is 41.9 Å². The van der Waals surface area contributed by atoms with Crippen LogP contribution in [0.1, 0.15) is 62.9 Å². The normalized spacial score (nSPS) is 23.1. The Hall–Kier alpha value is -2.14. The Bertz CT molecular complexity index is 760. The van der Waals surface area contributed by atoms with E-state index < -0.39 is 0 Å². The highest BCUT2D eigenvalue weighted by molar-refractivity contribution is 5.81. The lowest BCUT2D eigenvalue weighted by Crippen LogP contribution is -2.38. The second kappa shape index (κ2) is 7.23. The van der Waals surface area contributed by atoms with E-state index in [0.717, 1.165) is 49.3 Å². The molecule has 138 valence electrons. The lowest BCUT2D eigenvalue weighted by atomic mass is 10.0. The topological polar surface area (TPSA) is 58.2 Å². The number of hydrogen-bond donors (Lipinski definition) is 1. The van der Waals surface area contributed by atoms with Crippen LogP contribution in [0.25, 0.3) is 11.3 Å². The third-order valence-electron chi connectivity index (χ3n) is 5.54. The minimum atomic E-state index is -0.256. The molecule has 2 aliphatic heterocycles. The van der Waals surface area contributed by atoms with E-state index in [1.807, 2.05) is 11.1 Å². The maximum atomic E-state index is 12.8. The molecule has 1 amide bonds. The quantitative estimate of drug-likeness (QED) is 0.902. The van der Waals surface area contributed by atoms with Crippen LogP contribution >= 0.6 is 0 Å². The van der Waals surface area contributed by atoms with E-state index in [4.69, 9.17) is 4.74 Å². The third-order valence-corrected chi connectivity index (χ3v) is 5.54. The molecule has 1 N–H and O–H groups in total. The van der Waals surface area contributed by atoms with Crippen molar-refractivity contribution < 1.29 is 9.53 Å². The van der Waals surface area contributed by atoms with E-state index in [0.29, 0.717) is 12.5 Å². The Morgan fingerprint density at radius 3 is 2.73 bits per heavy atom. The smallest absolute Gasteiger partial charge is 0.252 e. The van der Waals surface area contributed by atoms with Gasteiger partial charge in [-0.25, -0.2) is 4.98 Å². The molecule has 2 fully saturated rings. The summed E-state index contributed by atoms with van der Waals surface area (Å²) in [7, 11) is 0. The Kier molecular flexibility index (Phi) is 4.81. The highest BCUT2D eigenvalue weighted by Gasteiger charge is 2.37. The Labute approximate surface area is 154 Å². The Morgan fingerprint density at radius 2 is 2.04 bits per heavy atom. The largest absolute Gasteiger partial charge is 0.368 e. The van der Waals surface area contributed by atoms with Gasteiger partial charge < -0.3 is 14.6 Å². The molecule has 1 aromatic heterocycles. The van der Waals surface area contributed by atoms with Crippen molar-refractivity contribution in [1.82, 2.24) is 14.9 Å². The lowest BCUT2D eigenvalue weighted by Gasteiger charge is -2.25. The van der Waals surface area contributed by atoms with Crippen molar-refractivity contribution in [2.75, 3.05) is 13.2 Å². The molecule has 3 heterocycles. The summed E-state index contributed by atoms with van der Waals surface area (Å²) in [6.45, 7) is 5.89. The number of aromatic nitrogens is 2. The van der Waals surface area contributed by atoms with Crippen LogP contribution in [0.5, 0.6) is 0 Å². The van der Waals surface area contributed by atoms with Crippen LogP contribution < -0.4 is 0 Å². The number of hydrogen-bond acceptors (Lipinski definition) is 3. The molecule has 2 aliphatic rings. The van der Waals surface area contributed by atoms with Gasteiger partial charge in [0.1, 0.15) is 11.9 Å². The van der Waals surface area contributed by atoms with Crippen LogP contribution in [-0.4, -0.2) is 40.0 Å². The van der Waals surface area contributed by atoms with Gasteiger partial charge in [-0.1, -0.05) is 38.1 Å². The molecule has 4 rings (SSSR count). The third kappa shape index (κ3) is 3.28. The molecule has 0 spiro atoms. The highest BCUT2D eigenvalue weighted by atomic mass is 16.5. The first-order chi connectivity index (χ1) is 12.6. The van der Waals surface area contributed by atoms with E-state index in [2.05, 4.69) is 48.1 Å². The van der Waals surface area contributed by atoms with E-state index >= 15 is 0 Å². The van der Waals surface area contributed by atoms with Crippen LogP contribution in [0.15, 0.2) is 30.5 Å². The fourth-order valence-electron chi connectivity index (χ4n) is 3.97. The van der Waals surface area contributed by atoms with Crippen molar-refractivity contribution >= 4 is 5.91 Å². The summed E-state index contributed by atoms with van der Waals surface area (Å²) in [5.41, 5.74) is 3.47. The summed E-state index contributed by atoms with van der Waals surface area (Å²) in [5.74, 6) is 1.54. The van der Waals surface area contributed by atoms with Gasteiger partial charge in [0.15, 0.2) is 0 Å². The van der Waals surface area contributed by atoms with Crippen LogP contribution in [0.4, 0.5) is 0 Å². The number of carbonyl (C=O) groups is 1. The Balaban J connectivity index is 1.52. The van der Waals surface area contributed by atoms with Gasteiger partial charge >= 0.3 is 0 Å². The first kappa shape index (κ1) is 17.3. The fourth-order valence-corrected chi connectivity index (χ4v) is 3.97. The van der Waals surface area contributed by atoms with Gasteiger partial charge in [0.25, 0.3) is 5.91 Å². The summed E-state index contributed by atoms with van der Waals surface area (Å²) < 4.78 is 5.59. The number of ether oxygens (including phenoxy) is 1. The minimum absolute atomic E-state index is 0.0374. The number of H-pyrrole nitrogens is 1. The molecule has 1 aromatic carbocycles. The van der Waals surface area contributed by atoms with Crippen molar-refractivity contribution in [2.45, 2.75) is 57.6 Å². The second-order valence-electron chi connectivity index (χ2n) is 7.65. The van der Waals surface area contributed by atoms with Gasteiger partial charge in [0.05, 0.1) is 17.9 Å². The van der Waals surface area contributed by atoms with E-state index in [-0.39, 0.29) is 18.1 Å². The zero-order valence-electron chi connectivity index (χ0n) is 15.6. The van der Waals surface area contributed by atoms with Gasteiger partial charge in [-0.15, -0.1) is 0 Å². The van der Waals surface area contributed by atoms with E-state index in [9.17, 15) is 4.79 Å². The molecule has 26 heavy (non-hydrogen) atoms. The van der Waals surface area contributed by atoms with Crippen molar-refractivity contribution in [3.63, 3.8) is 0 Å². The number of rotatable bonds is 4. The molecule has 0 saturated carbocycles. The predicted molar refractivity (Wildman–Crippen MR) is 101 cm³/mol. The second-order valence-corrected chi connectivity index (χ2v) is 7.65. The SMILES string of the molecule is CC(C)c1ccc(-c2cnc(C3CCCN3C(=O)C3CCCO3)[nH]2)cc1. The number of nitrogens with one attached hydrogen (secondary N) is 1. The van der Waals surface area contributed by atoms with Crippen LogP contribution in [0.2, 0.25) is 0 Å². The predicted octanol–water partition coefficient (Wildman–Crippen LogP) is 4.04. The summed E-state index contributed by atoms with van der Waals surface area (Å²) in [6, 6.07) is 8.65. The van der Waals surface area contributed by atoms with Crippen LogP contribution in [0.3, 0.4) is 0 Å². The molecule has 0 bridgehead atoms. The molecular weight excluding hydrogens is 326 g/mol. The molecule has 5 nitrogen and oxygen atoms in total. The monoisotopic (exact) mass is 353 g/mol. The van der Waals surface area contributed by atoms with Crippen LogP contribution in [-0.2, 0) is 9.53 Å². The minimum Gasteiger partial charge on any atom is -0.368 e. The van der Waals surface area contributed by atoms with Crippen molar-refractivity contribution in [2.24, 2.45) is 0 Å². The molecule has 2 atom stereocenters. The number of likely N-dealkylation sites (tertiary alicyclic amines) is 1. The van der Waals surface area contributed by atoms with Crippen LogP contribution in [0, 0.1) is 0 Å². The summed E-state index contributed by atoms with van der Waals surface area (Å²) in [5, 5.41) is 0. The molecule has 0 aliphatic carbocycles. The molecule has 2 unspecified atom stereocenters. The lowest BCUT2D eigenvalue weighted by molar-refractivity contribution is -0.142. The van der Waals surface area contributed by atoms with Crippen molar-refractivity contribution in [3.8, 4) is 11.3 Å². The summed E-state index contributed by atoms with van der Waals surface area (Å²) in [6.07, 6.45) is 5.42. The summed E-state index contributed by atoms with van der Waals surface area (Å²) in [4.78, 5) is 22.8. The van der Waals surface area contributed by atoms with Gasteiger partial charge in [-0.2, -0.15) is 0 Å². The number of aromatic amines is 1. The standard InChI is InChI=1S/C21H27N3O2/c1-14(2)15-7-9-16(10-8-15)17-13-22-20(23-17)18-5-3-11-24(18)21(25)19-6-4-12-26-19/h7-10,13-14,18-19H,3-6,11-12H2,1-2H3,(H,22,23). The summed E-state index contributed by atoms with van der Waals surface area (Å²) >= 11 is 0. The zero-order valence-corrected chi connectivity index (χ0v) is 15.6. The number of benzene rings is 1. The molecular formula is C21H27N3O2. The fraction of sp³-hybridized carbons (Fsp3) is 0.524. The average molecular weight is 353 g/mol. The number of carbonyl (C=O) groups excluding carboxylic acids is 1. The zero-order chi connectivity index (χ0) is 18.1. The maximum Gasteiger partial charge on any atom is 0.252 e. The first-order valence-electron chi connectivity index (χ1n) is 9.71. The van der Waals surface area contributed by atoms with Gasteiger partial charge in [0, 0.05) is 13.2 Å².